The van der Waals surface area contributed by atoms with Crippen LogP contribution in [0.15, 0.2) is 30.3 Å². The Bertz CT molecular complexity index is 690. The number of hydrogen-bond acceptors (Lipinski definition) is 4. The SMILES string of the molecule is CN(C)c1ccc(/C=C/CN2CCC([C@@]3(C)NC(=O)NC3=O)CC2)cc1. The second-order valence-corrected chi connectivity index (χ2v) is 7.57. The van der Waals surface area contributed by atoms with Crippen LogP contribution in [-0.4, -0.2) is 56.1 Å². The third-order valence-corrected chi connectivity index (χ3v) is 5.56. The molecule has 0 radical (unpaired) electrons. The van der Waals surface area contributed by atoms with E-state index in [-0.39, 0.29) is 17.9 Å². The lowest BCUT2D eigenvalue weighted by Crippen LogP contribution is -2.53. The molecular weight excluding hydrogens is 328 g/mol. The largest absolute Gasteiger partial charge is 0.378 e. The fourth-order valence-corrected chi connectivity index (χ4v) is 3.76. The maximum Gasteiger partial charge on any atom is 0.322 e. The fourth-order valence-electron chi connectivity index (χ4n) is 3.76. The Labute approximate surface area is 155 Å². The number of urea groups is 1. The molecule has 1 atom stereocenters. The standard InChI is InChI=1S/C20H28N4O2/c1-20(18(25)21-19(26)22-20)16-10-13-24(14-11-16)12-4-5-15-6-8-17(9-7-15)23(2)3/h4-9,16H,10-14H2,1-3H3,(H2,21,22,25,26)/b5-4+/t20-/m1/s1. The Morgan fingerprint density at radius 3 is 2.38 bits per heavy atom. The lowest BCUT2D eigenvalue weighted by molar-refractivity contribution is -0.125. The van der Waals surface area contributed by atoms with Crippen molar-refractivity contribution in [3.8, 4) is 0 Å². The number of likely N-dealkylation sites (tertiary alicyclic amines) is 1. The van der Waals surface area contributed by atoms with Gasteiger partial charge in [-0.05, 0) is 56.5 Å². The summed E-state index contributed by atoms with van der Waals surface area (Å²) in [5.74, 6) is -0.00484. The first-order valence-electron chi connectivity index (χ1n) is 9.18. The average Bonchev–Trinajstić information content (AvgIpc) is 2.89. The fraction of sp³-hybridized carbons (Fsp3) is 0.500. The molecule has 2 N–H and O–H groups in total. The summed E-state index contributed by atoms with van der Waals surface area (Å²) in [7, 11) is 4.07. The van der Waals surface area contributed by atoms with Crippen molar-refractivity contribution in [3.63, 3.8) is 0 Å². The van der Waals surface area contributed by atoms with E-state index in [0.29, 0.717) is 0 Å². The number of carbonyl (C=O) groups excluding carboxylic acids is 2. The molecule has 2 fully saturated rings. The zero-order chi connectivity index (χ0) is 18.7. The first-order chi connectivity index (χ1) is 12.4. The van der Waals surface area contributed by atoms with Crippen LogP contribution < -0.4 is 15.5 Å². The second kappa shape index (κ2) is 7.50. The summed E-state index contributed by atoms with van der Waals surface area (Å²) in [6.07, 6.45) is 6.17. The quantitative estimate of drug-likeness (QED) is 0.793. The molecule has 2 heterocycles. The van der Waals surface area contributed by atoms with E-state index >= 15 is 0 Å². The highest BCUT2D eigenvalue weighted by Crippen LogP contribution is 2.30. The molecule has 0 saturated carbocycles. The number of piperidine rings is 1. The van der Waals surface area contributed by atoms with E-state index in [9.17, 15) is 9.59 Å². The van der Waals surface area contributed by atoms with Gasteiger partial charge in [-0.1, -0.05) is 24.3 Å². The number of amides is 3. The first-order valence-corrected chi connectivity index (χ1v) is 9.18. The molecule has 3 rings (SSSR count). The minimum atomic E-state index is -0.757. The van der Waals surface area contributed by atoms with Crippen LogP contribution in [0.4, 0.5) is 10.5 Å². The van der Waals surface area contributed by atoms with Crippen molar-refractivity contribution >= 4 is 23.7 Å². The molecule has 140 valence electrons. The van der Waals surface area contributed by atoms with Gasteiger partial charge in [0.15, 0.2) is 0 Å². The van der Waals surface area contributed by atoms with Crippen LogP contribution >= 0.6 is 0 Å². The number of hydrogen-bond donors (Lipinski definition) is 2. The van der Waals surface area contributed by atoms with Crippen LogP contribution in [0, 0.1) is 5.92 Å². The highest BCUT2D eigenvalue weighted by atomic mass is 16.2. The van der Waals surface area contributed by atoms with E-state index in [4.69, 9.17) is 0 Å². The zero-order valence-corrected chi connectivity index (χ0v) is 15.8. The van der Waals surface area contributed by atoms with Crippen LogP contribution in [0.1, 0.15) is 25.3 Å². The Morgan fingerprint density at radius 1 is 1.19 bits per heavy atom. The molecule has 0 aliphatic carbocycles. The van der Waals surface area contributed by atoms with Crippen molar-refractivity contribution in [1.29, 1.82) is 0 Å². The number of rotatable bonds is 5. The molecule has 0 unspecified atom stereocenters. The molecule has 1 aromatic rings. The summed E-state index contributed by atoms with van der Waals surface area (Å²) in [4.78, 5) is 28.0. The average molecular weight is 356 g/mol. The van der Waals surface area contributed by atoms with Crippen molar-refractivity contribution < 1.29 is 9.59 Å². The molecule has 2 aliphatic rings. The summed E-state index contributed by atoms with van der Waals surface area (Å²) in [5.41, 5.74) is 1.64. The molecule has 2 aliphatic heterocycles. The molecule has 26 heavy (non-hydrogen) atoms. The lowest BCUT2D eigenvalue weighted by atomic mass is 9.79. The third kappa shape index (κ3) is 3.90. The molecule has 3 amide bonds. The minimum Gasteiger partial charge on any atom is -0.378 e. The third-order valence-electron chi connectivity index (χ3n) is 5.56. The van der Waals surface area contributed by atoms with Crippen molar-refractivity contribution in [2.45, 2.75) is 25.3 Å². The zero-order valence-electron chi connectivity index (χ0n) is 15.8. The highest BCUT2D eigenvalue weighted by molar-refractivity contribution is 6.06. The second-order valence-electron chi connectivity index (χ2n) is 7.57. The first kappa shape index (κ1) is 18.5. The van der Waals surface area contributed by atoms with Crippen LogP contribution in [0.25, 0.3) is 6.08 Å². The van der Waals surface area contributed by atoms with Crippen molar-refractivity contribution in [2.24, 2.45) is 5.92 Å². The summed E-state index contributed by atoms with van der Waals surface area (Å²) in [6.45, 7) is 4.61. The van der Waals surface area contributed by atoms with Crippen LogP contribution in [0.2, 0.25) is 0 Å². The summed E-state index contributed by atoms with van der Waals surface area (Å²) in [6, 6.07) is 8.11. The van der Waals surface area contributed by atoms with Gasteiger partial charge >= 0.3 is 6.03 Å². The molecule has 6 heteroatoms. The predicted molar refractivity (Wildman–Crippen MR) is 104 cm³/mol. The number of nitrogens with zero attached hydrogens (tertiary/aromatic N) is 2. The topological polar surface area (TPSA) is 64.7 Å². The molecule has 2 saturated heterocycles. The predicted octanol–water partition coefficient (Wildman–Crippen LogP) is 2.08. The van der Waals surface area contributed by atoms with Gasteiger partial charge in [0.1, 0.15) is 5.54 Å². The minimum absolute atomic E-state index is 0.188. The van der Waals surface area contributed by atoms with E-state index in [1.54, 1.807) is 0 Å². The van der Waals surface area contributed by atoms with E-state index in [1.807, 2.05) is 21.0 Å². The molecule has 6 nitrogen and oxygen atoms in total. The molecule has 0 bridgehead atoms. The summed E-state index contributed by atoms with van der Waals surface area (Å²) < 4.78 is 0. The normalized spacial score (nSPS) is 24.7. The highest BCUT2D eigenvalue weighted by Gasteiger charge is 2.48. The number of benzene rings is 1. The number of nitrogens with one attached hydrogen (secondary N) is 2. The van der Waals surface area contributed by atoms with Gasteiger partial charge in [-0.25, -0.2) is 4.79 Å². The Kier molecular flexibility index (Phi) is 5.32. The summed E-state index contributed by atoms with van der Waals surface area (Å²) in [5, 5.41) is 5.17. The van der Waals surface area contributed by atoms with Gasteiger partial charge in [-0.2, -0.15) is 0 Å². The molecule has 0 aromatic heterocycles. The van der Waals surface area contributed by atoms with E-state index < -0.39 is 5.54 Å². The smallest absolute Gasteiger partial charge is 0.322 e. The van der Waals surface area contributed by atoms with E-state index in [0.717, 1.165) is 32.5 Å². The number of carbonyl (C=O) groups is 2. The Hall–Kier alpha value is -2.34. The van der Waals surface area contributed by atoms with Crippen molar-refractivity contribution in [3.05, 3.63) is 35.9 Å². The van der Waals surface area contributed by atoms with E-state index in [2.05, 4.69) is 56.9 Å². The Morgan fingerprint density at radius 2 is 1.85 bits per heavy atom. The number of anilines is 1. The Balaban J connectivity index is 1.48. The monoisotopic (exact) mass is 356 g/mol. The van der Waals surface area contributed by atoms with Crippen LogP contribution in [-0.2, 0) is 4.79 Å². The van der Waals surface area contributed by atoms with Crippen molar-refractivity contribution in [1.82, 2.24) is 15.5 Å². The van der Waals surface area contributed by atoms with Gasteiger partial charge < -0.3 is 10.2 Å². The van der Waals surface area contributed by atoms with Gasteiger partial charge in [0, 0.05) is 26.3 Å². The lowest BCUT2D eigenvalue weighted by Gasteiger charge is -2.38. The summed E-state index contributed by atoms with van der Waals surface area (Å²) >= 11 is 0. The van der Waals surface area contributed by atoms with Gasteiger partial charge in [0.2, 0.25) is 0 Å². The van der Waals surface area contributed by atoms with Gasteiger partial charge in [0.05, 0.1) is 0 Å². The van der Waals surface area contributed by atoms with Crippen LogP contribution in [0.5, 0.6) is 0 Å². The van der Waals surface area contributed by atoms with Gasteiger partial charge in [-0.15, -0.1) is 0 Å². The maximum absolute atomic E-state index is 12.1. The maximum atomic E-state index is 12.1. The van der Waals surface area contributed by atoms with Gasteiger partial charge in [-0.3, -0.25) is 15.0 Å². The van der Waals surface area contributed by atoms with Gasteiger partial charge in [0.25, 0.3) is 5.91 Å². The molecular formula is C20H28N4O2. The van der Waals surface area contributed by atoms with E-state index in [1.165, 1.54) is 11.3 Å². The van der Waals surface area contributed by atoms with Crippen molar-refractivity contribution in [2.75, 3.05) is 38.6 Å². The molecule has 1 aromatic carbocycles. The molecule has 0 spiro atoms. The number of imide groups is 1. The van der Waals surface area contributed by atoms with Crippen LogP contribution in [0.3, 0.4) is 0 Å².